The van der Waals surface area contributed by atoms with Crippen molar-refractivity contribution in [3.05, 3.63) is 68.7 Å². The van der Waals surface area contributed by atoms with Crippen molar-refractivity contribution in [3.63, 3.8) is 0 Å². The Hall–Kier alpha value is -2.64. The molecule has 8 heteroatoms. The van der Waals surface area contributed by atoms with Gasteiger partial charge in [-0.1, -0.05) is 30.2 Å². The Morgan fingerprint density at radius 2 is 1.90 bits per heavy atom. The fourth-order valence-electron chi connectivity index (χ4n) is 3.60. The van der Waals surface area contributed by atoms with Crippen molar-refractivity contribution >= 4 is 23.2 Å². The minimum Gasteiger partial charge on any atom is -0.497 e. The second kappa shape index (κ2) is 9.71. The van der Waals surface area contributed by atoms with E-state index in [2.05, 4.69) is 10.2 Å². The van der Waals surface area contributed by atoms with E-state index in [1.54, 1.807) is 7.11 Å². The van der Waals surface area contributed by atoms with Crippen LogP contribution in [0.25, 0.3) is 0 Å². The van der Waals surface area contributed by atoms with Gasteiger partial charge in [-0.15, -0.1) is 0 Å². The monoisotopic (exact) mass is 417 g/mol. The van der Waals surface area contributed by atoms with Gasteiger partial charge in [-0.3, -0.25) is 19.8 Å². The Morgan fingerprint density at radius 3 is 2.48 bits per heavy atom. The molecule has 2 aromatic rings. The van der Waals surface area contributed by atoms with Gasteiger partial charge in [-0.25, -0.2) is 0 Å². The first-order chi connectivity index (χ1) is 14.0. The number of hydrogen-bond donors (Lipinski definition) is 1. The number of amides is 1. The molecule has 0 aromatic heterocycles. The largest absolute Gasteiger partial charge is 0.497 e. The van der Waals surface area contributed by atoms with Crippen molar-refractivity contribution in [2.45, 2.75) is 25.3 Å². The highest BCUT2D eigenvalue weighted by molar-refractivity contribution is 6.34. The number of carbonyl (C=O) groups excluding carboxylic acids is 1. The minimum atomic E-state index is -0.538. The van der Waals surface area contributed by atoms with Crippen LogP contribution in [0.3, 0.4) is 0 Å². The molecule has 1 aliphatic heterocycles. The summed E-state index contributed by atoms with van der Waals surface area (Å²) in [7, 11) is 1.63. The van der Waals surface area contributed by atoms with Crippen LogP contribution >= 0.6 is 11.6 Å². The summed E-state index contributed by atoms with van der Waals surface area (Å²) >= 11 is 6.09. The molecule has 0 aliphatic carbocycles. The number of piperidine rings is 1. The normalized spacial score (nSPS) is 15.5. The Balaban J connectivity index is 1.75. The zero-order valence-corrected chi connectivity index (χ0v) is 17.0. The van der Waals surface area contributed by atoms with E-state index in [-0.39, 0.29) is 28.2 Å². The van der Waals surface area contributed by atoms with Gasteiger partial charge in [-0.2, -0.15) is 0 Å². The Bertz CT molecular complexity index is 867. The number of likely N-dealkylation sites (tertiary alicyclic amines) is 1. The maximum Gasteiger partial charge on any atom is 0.270 e. The van der Waals surface area contributed by atoms with Crippen LogP contribution < -0.4 is 10.1 Å². The highest BCUT2D eigenvalue weighted by atomic mass is 35.5. The number of nitrogens with zero attached hydrogens (tertiary/aromatic N) is 2. The number of methoxy groups -OCH3 is 1. The molecule has 7 nitrogen and oxygen atoms in total. The van der Waals surface area contributed by atoms with Crippen molar-refractivity contribution in [2.75, 3.05) is 26.7 Å². The Kier molecular flexibility index (Phi) is 7.06. The number of rotatable bonds is 7. The van der Waals surface area contributed by atoms with Crippen LogP contribution in [0.4, 0.5) is 5.69 Å². The molecule has 1 atom stereocenters. The SMILES string of the molecule is COc1ccc([C@@H](CNC(=O)c2ccc([N+](=O)[O-])cc2Cl)N2CCCCC2)cc1. The lowest BCUT2D eigenvalue weighted by molar-refractivity contribution is -0.384. The number of nitrogens with one attached hydrogen (secondary N) is 1. The molecule has 0 bridgehead atoms. The summed E-state index contributed by atoms with van der Waals surface area (Å²) in [6, 6.07) is 11.8. The molecule has 0 radical (unpaired) electrons. The number of ether oxygens (including phenoxy) is 1. The van der Waals surface area contributed by atoms with Crippen molar-refractivity contribution < 1.29 is 14.5 Å². The molecule has 1 fully saturated rings. The van der Waals surface area contributed by atoms with Crippen LogP contribution in [0.15, 0.2) is 42.5 Å². The summed E-state index contributed by atoms with van der Waals surface area (Å²) in [4.78, 5) is 25.4. The van der Waals surface area contributed by atoms with E-state index in [4.69, 9.17) is 16.3 Å². The zero-order chi connectivity index (χ0) is 20.8. The molecular weight excluding hydrogens is 394 g/mol. The average Bonchev–Trinajstić information content (AvgIpc) is 2.74. The summed E-state index contributed by atoms with van der Waals surface area (Å²) in [6.07, 6.45) is 3.49. The average molecular weight is 418 g/mol. The predicted octanol–water partition coefficient (Wildman–Crippen LogP) is 4.21. The third-order valence-corrected chi connectivity index (χ3v) is 5.51. The van der Waals surface area contributed by atoms with Crippen molar-refractivity contribution in [3.8, 4) is 5.75 Å². The molecule has 1 heterocycles. The second-order valence-corrected chi connectivity index (χ2v) is 7.42. The first-order valence-corrected chi connectivity index (χ1v) is 9.97. The molecule has 1 N–H and O–H groups in total. The van der Waals surface area contributed by atoms with Gasteiger partial charge >= 0.3 is 0 Å². The van der Waals surface area contributed by atoms with Crippen LogP contribution in [0.2, 0.25) is 5.02 Å². The van der Waals surface area contributed by atoms with Gasteiger partial charge in [0.05, 0.1) is 28.7 Å². The molecule has 2 aromatic carbocycles. The van der Waals surface area contributed by atoms with Gasteiger partial charge < -0.3 is 10.1 Å². The van der Waals surface area contributed by atoms with Crippen LogP contribution in [0, 0.1) is 10.1 Å². The summed E-state index contributed by atoms with van der Waals surface area (Å²) in [6.45, 7) is 2.37. The smallest absolute Gasteiger partial charge is 0.270 e. The van der Waals surface area contributed by atoms with Gasteiger partial charge in [-0.05, 0) is 49.7 Å². The summed E-state index contributed by atoms with van der Waals surface area (Å²) in [5, 5.41) is 13.9. The lowest BCUT2D eigenvalue weighted by Crippen LogP contribution is -2.40. The third-order valence-electron chi connectivity index (χ3n) is 5.20. The molecule has 154 valence electrons. The van der Waals surface area contributed by atoms with Gasteiger partial charge in [0.15, 0.2) is 0 Å². The summed E-state index contributed by atoms with van der Waals surface area (Å²) in [5.41, 5.74) is 1.18. The van der Waals surface area contributed by atoms with Crippen LogP contribution in [-0.4, -0.2) is 42.5 Å². The standard InChI is InChI=1S/C21H24ClN3O4/c1-29-17-8-5-15(6-9-17)20(24-11-3-2-4-12-24)14-23-21(26)18-10-7-16(25(27)28)13-19(18)22/h5-10,13,20H,2-4,11-12,14H2,1H3,(H,23,26)/t20-/m1/s1. The molecule has 1 aliphatic rings. The molecule has 1 amide bonds. The lowest BCUT2D eigenvalue weighted by atomic mass is 10.0. The van der Waals surface area contributed by atoms with E-state index >= 15 is 0 Å². The first-order valence-electron chi connectivity index (χ1n) is 9.59. The van der Waals surface area contributed by atoms with E-state index in [0.717, 1.165) is 37.2 Å². The zero-order valence-electron chi connectivity index (χ0n) is 16.3. The topological polar surface area (TPSA) is 84.7 Å². The summed E-state index contributed by atoms with van der Waals surface area (Å²) < 4.78 is 5.24. The summed E-state index contributed by atoms with van der Waals surface area (Å²) in [5.74, 6) is 0.438. The quantitative estimate of drug-likeness (QED) is 0.538. The maximum atomic E-state index is 12.7. The first kappa shape index (κ1) is 21.1. The number of carbonyl (C=O) groups is 1. The number of nitro groups is 1. The number of hydrogen-bond acceptors (Lipinski definition) is 5. The number of halogens is 1. The fraction of sp³-hybridized carbons (Fsp3) is 0.381. The van der Waals surface area contributed by atoms with Gasteiger partial charge in [0.2, 0.25) is 0 Å². The second-order valence-electron chi connectivity index (χ2n) is 7.02. The molecular formula is C21H24ClN3O4. The Labute approximate surface area is 174 Å². The molecule has 29 heavy (non-hydrogen) atoms. The minimum absolute atomic E-state index is 0.0296. The Morgan fingerprint density at radius 1 is 1.21 bits per heavy atom. The van der Waals surface area contributed by atoms with Gasteiger partial charge in [0, 0.05) is 18.7 Å². The molecule has 3 rings (SSSR count). The van der Waals surface area contributed by atoms with Crippen LogP contribution in [0.5, 0.6) is 5.75 Å². The van der Waals surface area contributed by atoms with Crippen LogP contribution in [0.1, 0.15) is 41.2 Å². The molecule has 0 saturated carbocycles. The highest BCUT2D eigenvalue weighted by Crippen LogP contribution is 2.27. The van der Waals surface area contributed by atoms with Crippen LogP contribution in [-0.2, 0) is 0 Å². The van der Waals surface area contributed by atoms with E-state index in [1.165, 1.54) is 24.6 Å². The fourth-order valence-corrected chi connectivity index (χ4v) is 3.86. The maximum absolute atomic E-state index is 12.7. The number of benzene rings is 2. The van der Waals surface area contributed by atoms with Crippen molar-refractivity contribution in [1.29, 1.82) is 0 Å². The van der Waals surface area contributed by atoms with Crippen molar-refractivity contribution in [2.24, 2.45) is 0 Å². The van der Waals surface area contributed by atoms with Gasteiger partial charge in [0.1, 0.15) is 5.75 Å². The third kappa shape index (κ3) is 5.25. The number of non-ortho nitro benzene ring substituents is 1. The predicted molar refractivity (Wildman–Crippen MR) is 112 cm³/mol. The van der Waals surface area contributed by atoms with Gasteiger partial charge in [0.25, 0.3) is 11.6 Å². The molecule has 0 unspecified atom stereocenters. The highest BCUT2D eigenvalue weighted by Gasteiger charge is 2.24. The lowest BCUT2D eigenvalue weighted by Gasteiger charge is -2.35. The van der Waals surface area contributed by atoms with E-state index < -0.39 is 4.92 Å². The van der Waals surface area contributed by atoms with Crippen molar-refractivity contribution in [1.82, 2.24) is 10.2 Å². The molecule has 0 spiro atoms. The number of nitro benzene ring substituents is 1. The van der Waals surface area contributed by atoms with E-state index in [0.29, 0.717) is 6.54 Å². The van der Waals surface area contributed by atoms with E-state index in [1.807, 2.05) is 24.3 Å². The van der Waals surface area contributed by atoms with E-state index in [9.17, 15) is 14.9 Å². The molecule has 1 saturated heterocycles.